The fraction of sp³-hybridized carbons (Fsp3) is 0.143. The van der Waals surface area contributed by atoms with Crippen molar-refractivity contribution in [2.45, 2.75) is 0 Å². The Kier molecular flexibility index (Phi) is 3.91. The van der Waals surface area contributed by atoms with Gasteiger partial charge in [0.1, 0.15) is 0 Å². The van der Waals surface area contributed by atoms with Crippen LogP contribution in [0.2, 0.25) is 0 Å². The van der Waals surface area contributed by atoms with E-state index in [1.54, 1.807) is 20.4 Å². The number of methoxy groups -OCH3 is 2. The van der Waals surface area contributed by atoms with Gasteiger partial charge in [0.25, 0.3) is 0 Å². The lowest BCUT2D eigenvalue weighted by molar-refractivity contribution is 0.355. The number of ether oxygens (including phenoxy) is 2. The number of hydrogen-bond donors (Lipinski definition) is 0. The Bertz CT molecular complexity index is 539. The van der Waals surface area contributed by atoms with Crippen LogP contribution >= 0.6 is 0 Å². The molecule has 4 nitrogen and oxygen atoms in total. The van der Waals surface area contributed by atoms with Crippen LogP contribution in [-0.4, -0.2) is 24.4 Å². The van der Waals surface area contributed by atoms with Gasteiger partial charge in [0, 0.05) is 6.20 Å². The maximum absolute atomic E-state index is 5.24. The minimum atomic E-state index is 0.707. The highest BCUT2D eigenvalue weighted by Crippen LogP contribution is 2.28. The molecule has 0 saturated heterocycles. The molecule has 0 aliphatic carbocycles. The van der Waals surface area contributed by atoms with Crippen molar-refractivity contribution in [3.05, 3.63) is 47.8 Å². The van der Waals surface area contributed by atoms with E-state index in [0.717, 1.165) is 11.3 Å². The molecule has 1 heterocycles. The smallest absolute Gasteiger partial charge is 0.161 e. The Balaban J connectivity index is 2.22. The molecule has 0 aliphatic rings. The number of rotatable bonds is 4. The highest BCUT2D eigenvalue weighted by Gasteiger charge is 2.02. The normalized spacial score (nSPS) is 10.6. The largest absolute Gasteiger partial charge is 0.493 e. The summed E-state index contributed by atoms with van der Waals surface area (Å²) in [5.74, 6) is 1.42. The van der Waals surface area contributed by atoms with Gasteiger partial charge in [-0.15, -0.1) is 0 Å². The Hall–Kier alpha value is -2.36. The molecule has 0 radical (unpaired) electrons. The molecule has 92 valence electrons. The lowest BCUT2D eigenvalue weighted by Crippen LogP contribution is -1.90. The number of nitrogens with zero attached hydrogens (tertiary/aromatic N) is 2. The van der Waals surface area contributed by atoms with Gasteiger partial charge in [-0.1, -0.05) is 12.1 Å². The van der Waals surface area contributed by atoms with E-state index < -0.39 is 0 Å². The molecule has 0 saturated carbocycles. The molecule has 18 heavy (non-hydrogen) atoms. The van der Waals surface area contributed by atoms with Gasteiger partial charge in [-0.3, -0.25) is 0 Å². The van der Waals surface area contributed by atoms with Gasteiger partial charge in [0.15, 0.2) is 11.5 Å². The number of hydrogen-bond acceptors (Lipinski definition) is 4. The fourth-order valence-corrected chi connectivity index (χ4v) is 1.54. The minimum Gasteiger partial charge on any atom is -0.493 e. The van der Waals surface area contributed by atoms with Crippen LogP contribution in [0.25, 0.3) is 12.2 Å². The molecule has 2 aromatic rings. The summed E-state index contributed by atoms with van der Waals surface area (Å²) in [4.78, 5) is 0. The van der Waals surface area contributed by atoms with Crippen LogP contribution in [0.5, 0.6) is 11.5 Å². The van der Waals surface area contributed by atoms with Crippen molar-refractivity contribution < 1.29 is 9.47 Å². The highest BCUT2D eigenvalue weighted by atomic mass is 16.5. The zero-order valence-electron chi connectivity index (χ0n) is 10.3. The van der Waals surface area contributed by atoms with Gasteiger partial charge in [0.2, 0.25) is 0 Å². The monoisotopic (exact) mass is 242 g/mol. The van der Waals surface area contributed by atoms with Gasteiger partial charge >= 0.3 is 0 Å². The van der Waals surface area contributed by atoms with Gasteiger partial charge in [-0.05, 0) is 35.9 Å². The Labute approximate surface area is 106 Å². The summed E-state index contributed by atoms with van der Waals surface area (Å²) in [6.07, 6.45) is 5.49. The predicted octanol–water partition coefficient (Wildman–Crippen LogP) is 2.66. The van der Waals surface area contributed by atoms with Crippen molar-refractivity contribution in [3.8, 4) is 11.5 Å². The average molecular weight is 242 g/mol. The predicted molar refractivity (Wildman–Crippen MR) is 70.5 cm³/mol. The maximum atomic E-state index is 5.24. The summed E-state index contributed by atoms with van der Waals surface area (Å²) >= 11 is 0. The number of aromatic nitrogens is 2. The van der Waals surface area contributed by atoms with E-state index in [0.29, 0.717) is 11.5 Å². The van der Waals surface area contributed by atoms with Crippen molar-refractivity contribution in [2.24, 2.45) is 0 Å². The van der Waals surface area contributed by atoms with E-state index in [1.807, 2.05) is 42.5 Å². The third kappa shape index (κ3) is 2.85. The van der Waals surface area contributed by atoms with Crippen LogP contribution in [0, 0.1) is 0 Å². The van der Waals surface area contributed by atoms with E-state index >= 15 is 0 Å². The molecule has 0 atom stereocenters. The van der Waals surface area contributed by atoms with Gasteiger partial charge < -0.3 is 9.47 Å². The summed E-state index contributed by atoms with van der Waals surface area (Å²) in [6.45, 7) is 0. The lowest BCUT2D eigenvalue weighted by atomic mass is 10.1. The highest BCUT2D eigenvalue weighted by molar-refractivity contribution is 5.69. The molecule has 2 rings (SSSR count). The van der Waals surface area contributed by atoms with Crippen molar-refractivity contribution in [3.63, 3.8) is 0 Å². The van der Waals surface area contributed by atoms with E-state index in [2.05, 4.69) is 10.2 Å². The average Bonchev–Trinajstić information content (AvgIpc) is 2.45. The van der Waals surface area contributed by atoms with E-state index in [-0.39, 0.29) is 0 Å². The zero-order valence-corrected chi connectivity index (χ0v) is 10.3. The molecule has 0 bridgehead atoms. The van der Waals surface area contributed by atoms with Crippen LogP contribution in [0.15, 0.2) is 36.5 Å². The second-order valence-electron chi connectivity index (χ2n) is 3.60. The van der Waals surface area contributed by atoms with Gasteiger partial charge in [0.05, 0.1) is 19.9 Å². The maximum Gasteiger partial charge on any atom is 0.161 e. The van der Waals surface area contributed by atoms with Crippen molar-refractivity contribution in [2.75, 3.05) is 14.2 Å². The first-order chi connectivity index (χ1) is 8.83. The van der Waals surface area contributed by atoms with Gasteiger partial charge in [-0.2, -0.15) is 10.2 Å². The van der Waals surface area contributed by atoms with Crippen molar-refractivity contribution >= 4 is 12.2 Å². The fourth-order valence-electron chi connectivity index (χ4n) is 1.54. The summed E-state index contributed by atoms with van der Waals surface area (Å²) in [5, 5.41) is 7.79. The van der Waals surface area contributed by atoms with Crippen LogP contribution in [0.3, 0.4) is 0 Å². The zero-order chi connectivity index (χ0) is 12.8. The number of benzene rings is 1. The Morgan fingerprint density at radius 2 is 1.83 bits per heavy atom. The third-order valence-electron chi connectivity index (χ3n) is 2.45. The molecule has 0 N–H and O–H groups in total. The van der Waals surface area contributed by atoms with Crippen LogP contribution < -0.4 is 9.47 Å². The van der Waals surface area contributed by atoms with Crippen LogP contribution in [0.1, 0.15) is 11.3 Å². The molecule has 0 fully saturated rings. The summed E-state index contributed by atoms with van der Waals surface area (Å²) < 4.78 is 10.4. The summed E-state index contributed by atoms with van der Waals surface area (Å²) in [6, 6.07) is 9.47. The van der Waals surface area contributed by atoms with E-state index in [1.165, 1.54) is 0 Å². The molecule has 1 aromatic carbocycles. The van der Waals surface area contributed by atoms with E-state index in [9.17, 15) is 0 Å². The Morgan fingerprint density at radius 3 is 2.50 bits per heavy atom. The third-order valence-corrected chi connectivity index (χ3v) is 2.45. The SMILES string of the molecule is COc1ccc(/C=C/c2cccnn2)cc1OC. The summed E-state index contributed by atoms with van der Waals surface area (Å²) in [7, 11) is 3.24. The van der Waals surface area contributed by atoms with Crippen LogP contribution in [0.4, 0.5) is 0 Å². The van der Waals surface area contributed by atoms with Crippen LogP contribution in [-0.2, 0) is 0 Å². The second kappa shape index (κ2) is 5.82. The standard InChI is InChI=1S/C14H14N2O2/c1-17-13-8-6-11(10-14(13)18-2)5-7-12-4-3-9-15-16-12/h3-10H,1-2H3/b7-5+. The Morgan fingerprint density at radius 1 is 1.00 bits per heavy atom. The van der Waals surface area contributed by atoms with Gasteiger partial charge in [-0.25, -0.2) is 0 Å². The molecule has 1 aromatic heterocycles. The molecular formula is C14H14N2O2. The first-order valence-electron chi connectivity index (χ1n) is 5.51. The van der Waals surface area contributed by atoms with Crippen molar-refractivity contribution in [1.82, 2.24) is 10.2 Å². The molecule has 0 spiro atoms. The lowest BCUT2D eigenvalue weighted by Gasteiger charge is -2.07. The molecule has 4 heteroatoms. The second-order valence-corrected chi connectivity index (χ2v) is 3.60. The first kappa shape index (κ1) is 12.1. The molecule has 0 amide bonds. The first-order valence-corrected chi connectivity index (χ1v) is 5.51. The van der Waals surface area contributed by atoms with E-state index in [4.69, 9.17) is 9.47 Å². The minimum absolute atomic E-state index is 0.707. The quantitative estimate of drug-likeness (QED) is 0.826. The summed E-state index contributed by atoms with van der Waals surface area (Å²) in [5.41, 5.74) is 1.82. The molecule has 0 aliphatic heterocycles. The molecular weight excluding hydrogens is 228 g/mol. The topological polar surface area (TPSA) is 44.2 Å². The van der Waals surface area contributed by atoms with Crippen molar-refractivity contribution in [1.29, 1.82) is 0 Å². The molecule has 0 unspecified atom stereocenters.